The Labute approximate surface area is 107 Å². The third kappa shape index (κ3) is 1.68. The van der Waals surface area contributed by atoms with Gasteiger partial charge in [0, 0.05) is 18.8 Å². The van der Waals surface area contributed by atoms with Gasteiger partial charge in [0.15, 0.2) is 0 Å². The fourth-order valence-electron chi connectivity index (χ4n) is 2.43. The van der Waals surface area contributed by atoms with Crippen LogP contribution in [0.3, 0.4) is 0 Å². The molecule has 2 heterocycles. The summed E-state index contributed by atoms with van der Waals surface area (Å²) in [7, 11) is 3.81. The largest absolute Gasteiger partial charge is 0.497 e. The van der Waals surface area contributed by atoms with Crippen LogP contribution in [0, 0.1) is 0 Å². The molecular weight excluding hydrogens is 224 g/mol. The van der Waals surface area contributed by atoms with Gasteiger partial charge in [-0.15, -0.1) is 0 Å². The minimum absolute atomic E-state index is 0.890. The highest BCUT2D eigenvalue weighted by atomic mass is 16.5. The molecular formula is C15H16N2O. The minimum atomic E-state index is 0.890. The summed E-state index contributed by atoms with van der Waals surface area (Å²) in [5.41, 5.74) is 3.74. The Kier molecular flexibility index (Phi) is 2.59. The summed E-state index contributed by atoms with van der Waals surface area (Å²) in [4.78, 5) is 4.51. The summed E-state index contributed by atoms with van der Waals surface area (Å²) >= 11 is 0. The van der Waals surface area contributed by atoms with Gasteiger partial charge >= 0.3 is 0 Å². The van der Waals surface area contributed by atoms with E-state index in [-0.39, 0.29) is 0 Å². The molecule has 1 aromatic rings. The highest BCUT2D eigenvalue weighted by Gasteiger charge is 2.25. The lowest BCUT2D eigenvalue weighted by Gasteiger charge is -2.17. The standard InChI is InChI=1S/C15H16N2O/c1-16-11-17-10-4-3-5-14(17)15(16)12-6-8-13(18-2)9-7-12/h3-10H,11H2,1-2H3. The van der Waals surface area contributed by atoms with E-state index in [1.54, 1.807) is 7.11 Å². The third-order valence-electron chi connectivity index (χ3n) is 3.29. The number of hydrogen-bond donors (Lipinski definition) is 0. The number of allylic oxidation sites excluding steroid dienone is 3. The Morgan fingerprint density at radius 3 is 2.61 bits per heavy atom. The highest BCUT2D eigenvalue weighted by molar-refractivity contribution is 5.72. The summed E-state index contributed by atoms with van der Waals surface area (Å²) in [6.45, 7) is 0.900. The van der Waals surface area contributed by atoms with Gasteiger partial charge in [-0.2, -0.15) is 0 Å². The smallest absolute Gasteiger partial charge is 0.118 e. The molecule has 0 spiro atoms. The van der Waals surface area contributed by atoms with Crippen LogP contribution >= 0.6 is 0 Å². The number of nitrogens with zero attached hydrogens (tertiary/aromatic N) is 2. The van der Waals surface area contributed by atoms with Gasteiger partial charge < -0.3 is 14.5 Å². The highest BCUT2D eigenvalue weighted by Crippen LogP contribution is 2.33. The molecule has 0 fully saturated rings. The van der Waals surface area contributed by atoms with Gasteiger partial charge in [-0.3, -0.25) is 0 Å². The van der Waals surface area contributed by atoms with Crippen molar-refractivity contribution < 1.29 is 4.74 Å². The maximum absolute atomic E-state index is 5.20. The van der Waals surface area contributed by atoms with Crippen molar-refractivity contribution in [3.63, 3.8) is 0 Å². The first-order chi connectivity index (χ1) is 8.79. The number of benzene rings is 1. The second kappa shape index (κ2) is 4.26. The molecule has 92 valence electrons. The molecule has 0 aliphatic carbocycles. The zero-order chi connectivity index (χ0) is 12.5. The van der Waals surface area contributed by atoms with E-state index in [1.807, 2.05) is 12.1 Å². The lowest BCUT2D eigenvalue weighted by Crippen LogP contribution is -2.20. The number of ether oxygens (including phenoxy) is 1. The van der Waals surface area contributed by atoms with E-state index in [0.29, 0.717) is 0 Å². The van der Waals surface area contributed by atoms with Crippen molar-refractivity contribution in [3.05, 3.63) is 60.0 Å². The molecule has 3 nitrogen and oxygen atoms in total. The van der Waals surface area contributed by atoms with Crippen LogP contribution in [0.1, 0.15) is 5.56 Å². The summed E-state index contributed by atoms with van der Waals surface area (Å²) in [5, 5.41) is 0. The van der Waals surface area contributed by atoms with Crippen LogP contribution in [-0.4, -0.2) is 30.6 Å². The van der Waals surface area contributed by atoms with E-state index in [9.17, 15) is 0 Å². The molecule has 2 aliphatic rings. The van der Waals surface area contributed by atoms with Gasteiger partial charge in [-0.1, -0.05) is 6.08 Å². The quantitative estimate of drug-likeness (QED) is 0.790. The van der Waals surface area contributed by atoms with E-state index in [2.05, 4.69) is 53.4 Å². The second-order valence-electron chi connectivity index (χ2n) is 4.47. The first-order valence-corrected chi connectivity index (χ1v) is 6.01. The van der Waals surface area contributed by atoms with Crippen LogP contribution in [0.4, 0.5) is 0 Å². The molecule has 0 unspecified atom stereocenters. The zero-order valence-electron chi connectivity index (χ0n) is 10.6. The average molecular weight is 240 g/mol. The normalized spacial score (nSPS) is 17.4. The summed E-state index contributed by atoms with van der Waals surface area (Å²) in [6.07, 6.45) is 8.41. The van der Waals surface area contributed by atoms with Crippen LogP contribution in [0.5, 0.6) is 5.75 Å². The van der Waals surface area contributed by atoms with Crippen LogP contribution in [-0.2, 0) is 0 Å². The first kappa shape index (κ1) is 11.0. The second-order valence-corrected chi connectivity index (χ2v) is 4.47. The molecule has 0 aromatic heterocycles. The van der Waals surface area contributed by atoms with Gasteiger partial charge in [-0.25, -0.2) is 0 Å². The van der Waals surface area contributed by atoms with Crippen LogP contribution in [0.15, 0.2) is 54.4 Å². The Morgan fingerprint density at radius 1 is 1.11 bits per heavy atom. The Bertz CT molecular complexity index is 540. The Balaban J connectivity index is 2.03. The Morgan fingerprint density at radius 2 is 1.89 bits per heavy atom. The summed E-state index contributed by atoms with van der Waals surface area (Å²) in [5.74, 6) is 0.890. The van der Waals surface area contributed by atoms with Crippen molar-refractivity contribution in [1.29, 1.82) is 0 Å². The van der Waals surface area contributed by atoms with Gasteiger partial charge in [0.05, 0.1) is 25.2 Å². The lowest BCUT2D eigenvalue weighted by atomic mass is 10.1. The first-order valence-electron chi connectivity index (χ1n) is 6.01. The number of methoxy groups -OCH3 is 1. The molecule has 18 heavy (non-hydrogen) atoms. The molecule has 2 aliphatic heterocycles. The maximum atomic E-state index is 5.20. The van der Waals surface area contributed by atoms with Crippen molar-refractivity contribution in [3.8, 4) is 5.75 Å². The maximum Gasteiger partial charge on any atom is 0.118 e. The van der Waals surface area contributed by atoms with Gasteiger partial charge in [0.1, 0.15) is 5.75 Å². The number of rotatable bonds is 2. The van der Waals surface area contributed by atoms with Gasteiger partial charge in [0.2, 0.25) is 0 Å². The van der Waals surface area contributed by atoms with E-state index in [0.717, 1.165) is 12.4 Å². The minimum Gasteiger partial charge on any atom is -0.497 e. The zero-order valence-corrected chi connectivity index (χ0v) is 10.6. The molecule has 0 saturated carbocycles. The summed E-state index contributed by atoms with van der Waals surface area (Å²) in [6, 6.07) is 8.21. The molecule has 0 atom stereocenters. The van der Waals surface area contributed by atoms with Crippen molar-refractivity contribution in [2.45, 2.75) is 0 Å². The molecule has 1 aromatic carbocycles. The van der Waals surface area contributed by atoms with Crippen LogP contribution < -0.4 is 4.74 Å². The fourth-order valence-corrected chi connectivity index (χ4v) is 2.43. The summed E-state index contributed by atoms with van der Waals surface area (Å²) < 4.78 is 5.20. The Hall–Kier alpha value is -2.16. The molecule has 3 rings (SSSR count). The van der Waals surface area contributed by atoms with Crippen molar-refractivity contribution in [2.24, 2.45) is 0 Å². The average Bonchev–Trinajstić information content (AvgIpc) is 2.75. The predicted molar refractivity (Wildman–Crippen MR) is 72.7 cm³/mol. The topological polar surface area (TPSA) is 15.7 Å². The van der Waals surface area contributed by atoms with E-state index in [4.69, 9.17) is 4.74 Å². The lowest BCUT2D eigenvalue weighted by molar-refractivity contribution is 0.363. The predicted octanol–water partition coefficient (Wildman–Crippen LogP) is 2.65. The number of fused-ring (bicyclic) bond motifs is 1. The van der Waals surface area contributed by atoms with Crippen LogP contribution in [0.2, 0.25) is 0 Å². The molecule has 3 heteroatoms. The van der Waals surface area contributed by atoms with Crippen molar-refractivity contribution in [1.82, 2.24) is 9.80 Å². The molecule has 0 amide bonds. The molecule has 0 radical (unpaired) electrons. The third-order valence-corrected chi connectivity index (χ3v) is 3.29. The van der Waals surface area contributed by atoms with Crippen molar-refractivity contribution in [2.75, 3.05) is 20.8 Å². The molecule has 0 saturated heterocycles. The molecule has 0 bridgehead atoms. The molecule has 0 N–H and O–H groups in total. The van der Waals surface area contributed by atoms with Gasteiger partial charge in [-0.05, 0) is 36.4 Å². The monoisotopic (exact) mass is 240 g/mol. The van der Waals surface area contributed by atoms with E-state index >= 15 is 0 Å². The van der Waals surface area contributed by atoms with Crippen LogP contribution in [0.25, 0.3) is 5.70 Å². The van der Waals surface area contributed by atoms with E-state index in [1.165, 1.54) is 17.0 Å². The van der Waals surface area contributed by atoms with Gasteiger partial charge in [0.25, 0.3) is 0 Å². The number of hydrogen-bond acceptors (Lipinski definition) is 3. The van der Waals surface area contributed by atoms with Crippen molar-refractivity contribution >= 4 is 5.70 Å². The SMILES string of the molecule is COc1ccc(C2=C3C=CC=CN3CN2C)cc1. The van der Waals surface area contributed by atoms with E-state index < -0.39 is 0 Å². The fraction of sp³-hybridized carbons (Fsp3) is 0.200.